The van der Waals surface area contributed by atoms with E-state index in [2.05, 4.69) is 29.8 Å². The van der Waals surface area contributed by atoms with Gasteiger partial charge in [-0.05, 0) is 36.6 Å². The van der Waals surface area contributed by atoms with Crippen molar-refractivity contribution in [3.8, 4) is 5.75 Å². The van der Waals surface area contributed by atoms with Gasteiger partial charge in [0.05, 0.1) is 0 Å². The maximum Gasteiger partial charge on any atom is 0.202 e. The Kier molecular flexibility index (Phi) is 5.18. The van der Waals surface area contributed by atoms with Crippen LogP contribution in [0.4, 0.5) is 0 Å². The molecule has 0 aromatic heterocycles. The first-order valence-corrected chi connectivity index (χ1v) is 7.83. The molecule has 0 radical (unpaired) electrons. The lowest BCUT2D eigenvalue weighted by molar-refractivity contribution is 0.0816. The number of carbonyl (C=O) groups excluding carboxylic acids is 1. The monoisotopic (exact) mass is 346 g/mol. The van der Waals surface area contributed by atoms with Gasteiger partial charge >= 0.3 is 0 Å². The van der Waals surface area contributed by atoms with Crippen molar-refractivity contribution < 1.29 is 9.53 Å². The molecule has 21 heavy (non-hydrogen) atoms. The Morgan fingerprint density at radius 2 is 1.71 bits per heavy atom. The van der Waals surface area contributed by atoms with E-state index < -0.39 is 6.10 Å². The fourth-order valence-electron chi connectivity index (χ4n) is 2.16. The van der Waals surface area contributed by atoms with Gasteiger partial charge in [-0.2, -0.15) is 0 Å². The van der Waals surface area contributed by atoms with Gasteiger partial charge in [-0.3, -0.25) is 4.79 Å². The lowest BCUT2D eigenvalue weighted by Gasteiger charge is -2.18. The molecule has 0 bridgehead atoms. The lowest BCUT2D eigenvalue weighted by Crippen LogP contribution is -2.24. The van der Waals surface area contributed by atoms with Gasteiger partial charge in [0.15, 0.2) is 6.10 Å². The third-order valence-electron chi connectivity index (χ3n) is 3.33. The minimum absolute atomic E-state index is 0.00627. The van der Waals surface area contributed by atoms with Crippen molar-refractivity contribution >= 4 is 21.7 Å². The van der Waals surface area contributed by atoms with E-state index in [0.717, 1.165) is 15.8 Å². The number of carbonyl (C=O) groups is 1. The van der Waals surface area contributed by atoms with Gasteiger partial charge < -0.3 is 4.74 Å². The average molecular weight is 347 g/mol. The second-order valence-electron chi connectivity index (χ2n) is 5.33. The third kappa shape index (κ3) is 3.94. The van der Waals surface area contributed by atoms with Crippen LogP contribution < -0.4 is 4.74 Å². The normalized spacial score (nSPS) is 12.2. The van der Waals surface area contributed by atoms with Gasteiger partial charge in [-0.25, -0.2) is 0 Å². The molecule has 0 aliphatic heterocycles. The molecule has 0 amide bonds. The zero-order valence-corrected chi connectivity index (χ0v) is 14.1. The number of Topliss-reactive ketones (excluding diaryl/α,β-unsaturated/α-hetero) is 1. The number of hydrogen-bond donors (Lipinski definition) is 0. The van der Waals surface area contributed by atoms with Crippen LogP contribution in [0.3, 0.4) is 0 Å². The molecule has 0 fully saturated rings. The SMILES string of the molecule is CC(Oc1ccc(Br)cc1C(C)C)C(=O)c1ccccc1. The van der Waals surface area contributed by atoms with Gasteiger partial charge in [-0.15, -0.1) is 0 Å². The summed E-state index contributed by atoms with van der Waals surface area (Å²) in [6, 6.07) is 15.1. The third-order valence-corrected chi connectivity index (χ3v) is 3.82. The molecule has 2 rings (SSSR count). The van der Waals surface area contributed by atoms with Gasteiger partial charge in [0.25, 0.3) is 0 Å². The van der Waals surface area contributed by atoms with Crippen molar-refractivity contribution in [3.05, 3.63) is 64.1 Å². The lowest BCUT2D eigenvalue weighted by atomic mass is 10.0. The van der Waals surface area contributed by atoms with Crippen LogP contribution in [0.5, 0.6) is 5.75 Å². The Bertz CT molecular complexity index is 620. The van der Waals surface area contributed by atoms with Crippen LogP contribution in [0.25, 0.3) is 0 Å². The summed E-state index contributed by atoms with van der Waals surface area (Å²) in [6.07, 6.45) is -0.508. The predicted molar refractivity (Wildman–Crippen MR) is 89.1 cm³/mol. The summed E-state index contributed by atoms with van der Waals surface area (Å²) in [5, 5.41) is 0. The number of benzene rings is 2. The Labute approximate surface area is 134 Å². The maximum atomic E-state index is 12.4. The van der Waals surface area contributed by atoms with E-state index in [1.807, 2.05) is 48.5 Å². The Morgan fingerprint density at radius 3 is 2.33 bits per heavy atom. The van der Waals surface area contributed by atoms with Gasteiger partial charge in [0.1, 0.15) is 5.75 Å². The zero-order valence-electron chi connectivity index (χ0n) is 12.5. The first-order valence-electron chi connectivity index (χ1n) is 7.04. The minimum Gasteiger partial charge on any atom is -0.482 e. The molecule has 0 aliphatic carbocycles. The molecule has 0 N–H and O–H groups in total. The summed E-state index contributed by atoms with van der Waals surface area (Å²) in [7, 11) is 0. The highest BCUT2D eigenvalue weighted by molar-refractivity contribution is 9.10. The Morgan fingerprint density at radius 1 is 1.05 bits per heavy atom. The zero-order chi connectivity index (χ0) is 15.4. The van der Waals surface area contributed by atoms with Crippen molar-refractivity contribution in [2.45, 2.75) is 32.8 Å². The molecule has 0 saturated heterocycles. The summed E-state index contributed by atoms with van der Waals surface area (Å²) < 4.78 is 6.92. The van der Waals surface area contributed by atoms with E-state index in [0.29, 0.717) is 11.5 Å². The molecule has 2 nitrogen and oxygen atoms in total. The van der Waals surface area contributed by atoms with E-state index in [-0.39, 0.29) is 5.78 Å². The highest BCUT2D eigenvalue weighted by Crippen LogP contribution is 2.30. The van der Waals surface area contributed by atoms with Crippen molar-refractivity contribution in [1.82, 2.24) is 0 Å². The van der Waals surface area contributed by atoms with Crippen molar-refractivity contribution in [3.63, 3.8) is 0 Å². The molecule has 0 saturated carbocycles. The standard InChI is InChI=1S/C18H19BrO2/c1-12(2)16-11-15(19)9-10-17(16)21-13(3)18(20)14-7-5-4-6-8-14/h4-13H,1-3H3. The Balaban J connectivity index is 2.20. The molecule has 2 aromatic carbocycles. The van der Waals surface area contributed by atoms with Crippen molar-refractivity contribution in [2.75, 3.05) is 0 Å². The van der Waals surface area contributed by atoms with Crippen LogP contribution in [-0.4, -0.2) is 11.9 Å². The second-order valence-corrected chi connectivity index (χ2v) is 6.24. The number of rotatable bonds is 5. The number of ketones is 1. The van der Waals surface area contributed by atoms with Crippen LogP contribution in [0.1, 0.15) is 42.6 Å². The number of halogens is 1. The van der Waals surface area contributed by atoms with Gasteiger partial charge in [0.2, 0.25) is 5.78 Å². The molecule has 0 heterocycles. The highest BCUT2D eigenvalue weighted by atomic mass is 79.9. The Hall–Kier alpha value is -1.61. The molecule has 3 heteroatoms. The fourth-order valence-corrected chi connectivity index (χ4v) is 2.54. The van der Waals surface area contributed by atoms with E-state index in [4.69, 9.17) is 4.74 Å². The van der Waals surface area contributed by atoms with E-state index >= 15 is 0 Å². The minimum atomic E-state index is -0.508. The molecular weight excluding hydrogens is 328 g/mol. The van der Waals surface area contributed by atoms with Crippen LogP contribution in [0.2, 0.25) is 0 Å². The van der Waals surface area contributed by atoms with E-state index in [9.17, 15) is 4.79 Å². The number of ether oxygens (including phenoxy) is 1. The molecule has 110 valence electrons. The topological polar surface area (TPSA) is 26.3 Å². The summed E-state index contributed by atoms with van der Waals surface area (Å²) in [5.74, 6) is 1.09. The average Bonchev–Trinajstić information content (AvgIpc) is 2.49. The summed E-state index contributed by atoms with van der Waals surface area (Å²) in [6.45, 7) is 6.01. The summed E-state index contributed by atoms with van der Waals surface area (Å²) >= 11 is 3.47. The summed E-state index contributed by atoms with van der Waals surface area (Å²) in [5.41, 5.74) is 1.77. The largest absolute Gasteiger partial charge is 0.482 e. The molecule has 1 atom stereocenters. The molecular formula is C18H19BrO2. The first kappa shape index (κ1) is 15.8. The van der Waals surface area contributed by atoms with E-state index in [1.165, 1.54) is 0 Å². The molecule has 1 unspecified atom stereocenters. The fraction of sp³-hybridized carbons (Fsp3) is 0.278. The smallest absolute Gasteiger partial charge is 0.202 e. The van der Waals surface area contributed by atoms with Crippen molar-refractivity contribution in [1.29, 1.82) is 0 Å². The summed E-state index contributed by atoms with van der Waals surface area (Å²) in [4.78, 5) is 12.4. The highest BCUT2D eigenvalue weighted by Gasteiger charge is 2.18. The second kappa shape index (κ2) is 6.90. The molecule has 2 aromatic rings. The predicted octanol–water partition coefficient (Wildman–Crippen LogP) is 5.22. The van der Waals surface area contributed by atoms with Crippen LogP contribution in [0, 0.1) is 0 Å². The van der Waals surface area contributed by atoms with Crippen LogP contribution in [0.15, 0.2) is 53.0 Å². The molecule has 0 aliphatic rings. The first-order chi connectivity index (χ1) is 9.99. The van der Waals surface area contributed by atoms with Crippen molar-refractivity contribution in [2.24, 2.45) is 0 Å². The van der Waals surface area contributed by atoms with Crippen LogP contribution >= 0.6 is 15.9 Å². The van der Waals surface area contributed by atoms with Gasteiger partial charge in [0, 0.05) is 10.0 Å². The van der Waals surface area contributed by atoms with E-state index in [1.54, 1.807) is 6.92 Å². The molecule has 0 spiro atoms. The van der Waals surface area contributed by atoms with Crippen LogP contribution in [-0.2, 0) is 0 Å². The van der Waals surface area contributed by atoms with Gasteiger partial charge in [-0.1, -0.05) is 60.1 Å². The number of hydrogen-bond acceptors (Lipinski definition) is 2. The maximum absolute atomic E-state index is 12.4. The quantitative estimate of drug-likeness (QED) is 0.693.